The van der Waals surface area contributed by atoms with Crippen molar-refractivity contribution in [3.8, 4) is 0 Å². The molecule has 0 unspecified atom stereocenters. The first kappa shape index (κ1) is 16.4. The SMILES string of the molecule is O=C1S/C(=C/c2sc(Cl)nc2Cl)C(=O)N1Cc1ccccc1F. The molecule has 2 heterocycles. The highest BCUT2D eigenvalue weighted by Crippen LogP contribution is 2.36. The number of hydrogen-bond acceptors (Lipinski definition) is 5. The molecule has 3 rings (SSSR count). The molecular weight excluding hydrogens is 382 g/mol. The molecule has 2 aromatic rings. The summed E-state index contributed by atoms with van der Waals surface area (Å²) in [4.78, 5) is 29.9. The number of thiazole rings is 1. The Kier molecular flexibility index (Phi) is 4.72. The van der Waals surface area contributed by atoms with Crippen LogP contribution in [0.5, 0.6) is 0 Å². The number of benzene rings is 1. The molecular formula is C14H7Cl2FN2O2S2. The number of halogens is 3. The smallest absolute Gasteiger partial charge is 0.268 e. The van der Waals surface area contributed by atoms with Gasteiger partial charge in [0.25, 0.3) is 11.1 Å². The average Bonchev–Trinajstić information content (AvgIpc) is 2.95. The zero-order valence-corrected chi connectivity index (χ0v) is 14.4. The van der Waals surface area contributed by atoms with Crippen LogP contribution in [-0.2, 0) is 11.3 Å². The van der Waals surface area contributed by atoms with E-state index < -0.39 is 17.0 Å². The molecule has 1 aliphatic rings. The summed E-state index contributed by atoms with van der Waals surface area (Å²) in [5.41, 5.74) is 0.273. The highest BCUT2D eigenvalue weighted by atomic mass is 35.5. The van der Waals surface area contributed by atoms with E-state index in [1.54, 1.807) is 12.1 Å². The molecule has 118 valence electrons. The van der Waals surface area contributed by atoms with Gasteiger partial charge in [-0.25, -0.2) is 9.37 Å². The molecule has 1 aromatic heterocycles. The van der Waals surface area contributed by atoms with E-state index in [0.29, 0.717) is 4.88 Å². The molecule has 0 aliphatic carbocycles. The molecule has 1 fully saturated rings. The number of rotatable bonds is 3. The second-order valence-electron chi connectivity index (χ2n) is 4.48. The van der Waals surface area contributed by atoms with Crippen LogP contribution in [0.15, 0.2) is 29.2 Å². The van der Waals surface area contributed by atoms with E-state index in [1.165, 1.54) is 18.2 Å². The lowest BCUT2D eigenvalue weighted by Gasteiger charge is -2.12. The van der Waals surface area contributed by atoms with Gasteiger partial charge < -0.3 is 0 Å². The second kappa shape index (κ2) is 6.60. The van der Waals surface area contributed by atoms with Gasteiger partial charge in [-0.2, -0.15) is 0 Å². The van der Waals surface area contributed by atoms with Gasteiger partial charge in [0.2, 0.25) is 0 Å². The number of thioether (sulfide) groups is 1. The molecule has 1 aromatic carbocycles. The lowest BCUT2D eigenvalue weighted by atomic mass is 10.2. The Morgan fingerprint density at radius 3 is 2.65 bits per heavy atom. The van der Waals surface area contributed by atoms with Crippen molar-refractivity contribution in [1.82, 2.24) is 9.88 Å². The van der Waals surface area contributed by atoms with E-state index in [9.17, 15) is 14.0 Å². The van der Waals surface area contributed by atoms with Gasteiger partial charge in [0, 0.05) is 5.56 Å². The predicted molar refractivity (Wildman–Crippen MR) is 90.0 cm³/mol. The molecule has 4 nitrogen and oxygen atoms in total. The summed E-state index contributed by atoms with van der Waals surface area (Å²) in [6.45, 7) is -0.119. The fourth-order valence-corrected chi connectivity index (χ4v) is 4.13. The van der Waals surface area contributed by atoms with Crippen molar-refractivity contribution in [2.75, 3.05) is 0 Å². The van der Waals surface area contributed by atoms with Crippen LogP contribution in [0, 0.1) is 5.82 Å². The van der Waals surface area contributed by atoms with Crippen LogP contribution in [0.25, 0.3) is 6.08 Å². The Morgan fingerprint density at radius 2 is 2.00 bits per heavy atom. The minimum Gasteiger partial charge on any atom is -0.268 e. The van der Waals surface area contributed by atoms with Crippen molar-refractivity contribution < 1.29 is 14.0 Å². The van der Waals surface area contributed by atoms with Crippen LogP contribution < -0.4 is 0 Å². The molecule has 1 aliphatic heterocycles. The minimum atomic E-state index is -0.496. The van der Waals surface area contributed by atoms with Crippen molar-refractivity contribution in [3.63, 3.8) is 0 Å². The predicted octanol–water partition coefficient (Wildman–Crippen LogP) is 4.83. The minimum absolute atomic E-state index is 0.119. The summed E-state index contributed by atoms with van der Waals surface area (Å²) < 4.78 is 13.9. The highest BCUT2D eigenvalue weighted by molar-refractivity contribution is 8.18. The van der Waals surface area contributed by atoms with Crippen molar-refractivity contribution >= 4 is 63.5 Å². The molecule has 2 amide bonds. The molecule has 9 heteroatoms. The summed E-state index contributed by atoms with van der Waals surface area (Å²) in [5.74, 6) is -0.961. The fourth-order valence-electron chi connectivity index (χ4n) is 1.93. The van der Waals surface area contributed by atoms with Crippen molar-refractivity contribution in [1.29, 1.82) is 0 Å². The monoisotopic (exact) mass is 388 g/mol. The third-order valence-corrected chi connectivity index (χ3v) is 5.42. The highest BCUT2D eigenvalue weighted by Gasteiger charge is 2.35. The number of carbonyl (C=O) groups is 2. The molecule has 23 heavy (non-hydrogen) atoms. The van der Waals surface area contributed by atoms with Gasteiger partial charge in [-0.05, 0) is 23.9 Å². The largest absolute Gasteiger partial charge is 0.293 e. The Balaban J connectivity index is 1.86. The first-order valence-electron chi connectivity index (χ1n) is 6.26. The first-order valence-corrected chi connectivity index (χ1v) is 8.65. The van der Waals surface area contributed by atoms with Gasteiger partial charge in [-0.1, -0.05) is 41.4 Å². The van der Waals surface area contributed by atoms with Gasteiger partial charge in [0.15, 0.2) is 4.47 Å². The third-order valence-electron chi connectivity index (χ3n) is 3.01. The maximum Gasteiger partial charge on any atom is 0.293 e. The van der Waals surface area contributed by atoms with Gasteiger partial charge in [-0.15, -0.1) is 11.3 Å². The maximum absolute atomic E-state index is 13.7. The molecule has 0 atom stereocenters. The van der Waals surface area contributed by atoms with E-state index in [2.05, 4.69) is 4.98 Å². The third kappa shape index (κ3) is 3.42. The van der Waals surface area contributed by atoms with E-state index in [1.807, 2.05) is 0 Å². The Bertz CT molecular complexity index is 838. The first-order chi connectivity index (χ1) is 11.0. The number of nitrogens with zero attached hydrogens (tertiary/aromatic N) is 2. The topological polar surface area (TPSA) is 50.3 Å². The van der Waals surface area contributed by atoms with Crippen LogP contribution in [0.4, 0.5) is 9.18 Å². The standard InChI is InChI=1S/C14H7Cl2FN2O2S2/c15-11-9(22-13(16)18-11)5-10-12(20)19(14(21)23-10)6-7-3-1-2-4-8(7)17/h1-5H,6H2/b10-5+. The van der Waals surface area contributed by atoms with Crippen LogP contribution in [0.2, 0.25) is 9.62 Å². The van der Waals surface area contributed by atoms with Crippen LogP contribution >= 0.6 is 46.3 Å². The molecule has 0 saturated carbocycles. The summed E-state index contributed by atoms with van der Waals surface area (Å²) >= 11 is 13.5. The van der Waals surface area contributed by atoms with E-state index in [4.69, 9.17) is 23.2 Å². The van der Waals surface area contributed by atoms with Gasteiger partial charge in [0.05, 0.1) is 16.3 Å². The number of aromatic nitrogens is 1. The molecule has 0 N–H and O–H groups in total. The van der Waals surface area contributed by atoms with Crippen LogP contribution in [0.3, 0.4) is 0 Å². The van der Waals surface area contributed by atoms with E-state index in [0.717, 1.165) is 28.0 Å². The number of imide groups is 1. The van der Waals surface area contributed by atoms with Gasteiger partial charge in [-0.3, -0.25) is 14.5 Å². The fraction of sp³-hybridized carbons (Fsp3) is 0.0714. The van der Waals surface area contributed by atoms with Crippen LogP contribution in [0.1, 0.15) is 10.4 Å². The zero-order valence-electron chi connectivity index (χ0n) is 11.3. The molecule has 0 radical (unpaired) electrons. The normalized spacial score (nSPS) is 16.7. The van der Waals surface area contributed by atoms with Gasteiger partial charge in [0.1, 0.15) is 11.0 Å². The Labute approximate surface area is 148 Å². The lowest BCUT2D eigenvalue weighted by molar-refractivity contribution is -0.123. The molecule has 1 saturated heterocycles. The lowest BCUT2D eigenvalue weighted by Crippen LogP contribution is -2.27. The van der Waals surface area contributed by atoms with Gasteiger partial charge >= 0.3 is 0 Å². The van der Waals surface area contributed by atoms with E-state index in [-0.39, 0.29) is 26.6 Å². The van der Waals surface area contributed by atoms with Crippen molar-refractivity contribution in [2.45, 2.75) is 6.54 Å². The summed E-state index contributed by atoms with van der Waals surface area (Å²) in [7, 11) is 0. The zero-order chi connectivity index (χ0) is 16.6. The molecule has 0 bridgehead atoms. The summed E-state index contributed by atoms with van der Waals surface area (Å²) in [6, 6.07) is 6.00. The summed E-state index contributed by atoms with van der Waals surface area (Å²) in [6.07, 6.45) is 1.47. The van der Waals surface area contributed by atoms with Crippen LogP contribution in [-0.4, -0.2) is 21.0 Å². The number of amides is 2. The number of hydrogen-bond donors (Lipinski definition) is 0. The quantitative estimate of drug-likeness (QED) is 0.706. The maximum atomic E-state index is 13.7. The Morgan fingerprint density at radius 1 is 1.26 bits per heavy atom. The average molecular weight is 389 g/mol. The van der Waals surface area contributed by atoms with E-state index >= 15 is 0 Å². The van der Waals surface area contributed by atoms with Crippen molar-refractivity contribution in [3.05, 3.63) is 55.0 Å². The number of carbonyl (C=O) groups excluding carboxylic acids is 2. The summed E-state index contributed by atoms with van der Waals surface area (Å²) in [5, 5.41) is -0.294. The molecule has 0 spiro atoms. The second-order valence-corrected chi connectivity index (χ2v) is 7.45. The van der Waals surface area contributed by atoms with Crippen molar-refractivity contribution in [2.24, 2.45) is 0 Å². The Hall–Kier alpha value is -1.41.